The highest BCUT2D eigenvalue weighted by molar-refractivity contribution is 8.13. The summed E-state index contributed by atoms with van der Waals surface area (Å²) in [6.45, 7) is 1.73. The first-order chi connectivity index (χ1) is 5.45. The topological polar surface area (TPSA) is 51.2 Å². The maximum absolute atomic E-state index is 10.8. The Kier molecular flexibility index (Phi) is 5.17. The number of allylic oxidation sites excluding steroid dienone is 2. The van der Waals surface area contributed by atoms with Crippen molar-refractivity contribution in [1.82, 2.24) is 0 Å². The second-order valence-corrected chi connectivity index (χ2v) is 5.21. The van der Waals surface area contributed by atoms with Gasteiger partial charge in [0.05, 0.1) is 5.75 Å². The lowest BCUT2D eigenvalue weighted by molar-refractivity contribution is -0.114. The first-order valence-corrected chi connectivity index (χ1v) is 6.01. The lowest BCUT2D eigenvalue weighted by Gasteiger charge is -1.93. The highest BCUT2D eigenvalue weighted by Gasteiger charge is 2.05. The Morgan fingerprint density at radius 1 is 1.50 bits per heavy atom. The number of carbonyl (C=O) groups is 1. The molecular weight excluding hydrogens is 200 g/mol. The standard InChI is InChI=1S/C7H11ClO3S/c1-2-4-7(9)5-3-6-12(8,10)11/h2,4H,3,5-6H2,1H3. The van der Waals surface area contributed by atoms with Crippen molar-refractivity contribution in [2.24, 2.45) is 0 Å². The average Bonchev–Trinajstić information content (AvgIpc) is 1.84. The quantitative estimate of drug-likeness (QED) is 0.510. The van der Waals surface area contributed by atoms with E-state index >= 15 is 0 Å². The zero-order valence-corrected chi connectivity index (χ0v) is 8.36. The minimum absolute atomic E-state index is 0.0715. The zero-order chi connectivity index (χ0) is 9.61. The Labute approximate surface area is 76.8 Å². The molecule has 0 unspecified atom stereocenters. The van der Waals surface area contributed by atoms with Crippen LogP contribution < -0.4 is 0 Å². The first-order valence-electron chi connectivity index (χ1n) is 3.53. The highest BCUT2D eigenvalue weighted by Crippen LogP contribution is 2.02. The Morgan fingerprint density at radius 3 is 2.50 bits per heavy atom. The summed E-state index contributed by atoms with van der Waals surface area (Å²) < 4.78 is 20.8. The largest absolute Gasteiger partial charge is 0.295 e. The van der Waals surface area contributed by atoms with E-state index in [-0.39, 0.29) is 24.4 Å². The van der Waals surface area contributed by atoms with Crippen molar-refractivity contribution in [3.63, 3.8) is 0 Å². The van der Waals surface area contributed by atoms with Gasteiger partial charge in [-0.25, -0.2) is 8.42 Å². The van der Waals surface area contributed by atoms with Crippen LogP contribution in [0.25, 0.3) is 0 Å². The molecule has 0 radical (unpaired) electrons. The molecule has 0 bridgehead atoms. The molecule has 12 heavy (non-hydrogen) atoms. The molecule has 0 amide bonds. The highest BCUT2D eigenvalue weighted by atomic mass is 35.7. The second kappa shape index (κ2) is 5.32. The van der Waals surface area contributed by atoms with Crippen molar-refractivity contribution < 1.29 is 13.2 Å². The molecule has 0 fully saturated rings. The van der Waals surface area contributed by atoms with Crippen molar-refractivity contribution >= 4 is 25.5 Å². The van der Waals surface area contributed by atoms with Gasteiger partial charge in [-0.3, -0.25) is 4.79 Å². The molecule has 0 aliphatic heterocycles. The van der Waals surface area contributed by atoms with Gasteiger partial charge in [-0.05, 0) is 19.4 Å². The van der Waals surface area contributed by atoms with Gasteiger partial charge in [-0.15, -0.1) is 0 Å². The Hall–Kier alpha value is -0.350. The number of halogens is 1. The van der Waals surface area contributed by atoms with Crippen molar-refractivity contribution in [3.8, 4) is 0 Å². The first kappa shape index (κ1) is 11.6. The molecule has 0 aromatic carbocycles. The van der Waals surface area contributed by atoms with E-state index in [0.29, 0.717) is 0 Å². The summed E-state index contributed by atoms with van der Waals surface area (Å²) in [5, 5.41) is 0. The Balaban J connectivity index is 3.65. The summed E-state index contributed by atoms with van der Waals surface area (Å²) in [5.41, 5.74) is 0. The van der Waals surface area contributed by atoms with Crippen LogP contribution in [0.1, 0.15) is 19.8 Å². The molecule has 5 heteroatoms. The monoisotopic (exact) mass is 210 g/mol. The van der Waals surface area contributed by atoms with Crippen molar-refractivity contribution in [1.29, 1.82) is 0 Å². The third-order valence-electron chi connectivity index (χ3n) is 1.16. The van der Waals surface area contributed by atoms with Gasteiger partial charge in [0.1, 0.15) is 0 Å². The van der Waals surface area contributed by atoms with E-state index in [9.17, 15) is 13.2 Å². The third-order valence-corrected chi connectivity index (χ3v) is 2.40. The molecule has 0 N–H and O–H groups in total. The van der Waals surface area contributed by atoms with Crippen molar-refractivity contribution in [2.45, 2.75) is 19.8 Å². The van der Waals surface area contributed by atoms with Gasteiger partial charge in [-0.2, -0.15) is 0 Å². The molecule has 0 aromatic heterocycles. The van der Waals surface area contributed by atoms with Crippen LogP contribution in [0.2, 0.25) is 0 Å². The van der Waals surface area contributed by atoms with E-state index < -0.39 is 9.05 Å². The van der Waals surface area contributed by atoms with Crippen LogP contribution in [0.4, 0.5) is 0 Å². The van der Waals surface area contributed by atoms with Crippen LogP contribution in [0, 0.1) is 0 Å². The van der Waals surface area contributed by atoms with Crippen LogP contribution in [0.3, 0.4) is 0 Å². The van der Waals surface area contributed by atoms with Gasteiger partial charge in [0.15, 0.2) is 5.78 Å². The smallest absolute Gasteiger partial charge is 0.232 e. The molecule has 0 rings (SSSR count). The van der Waals surface area contributed by atoms with E-state index in [1.54, 1.807) is 13.0 Å². The van der Waals surface area contributed by atoms with Gasteiger partial charge < -0.3 is 0 Å². The number of hydrogen-bond donors (Lipinski definition) is 0. The minimum Gasteiger partial charge on any atom is -0.295 e. The van der Waals surface area contributed by atoms with Crippen LogP contribution in [0.5, 0.6) is 0 Å². The molecule has 70 valence electrons. The predicted molar refractivity (Wildman–Crippen MR) is 48.7 cm³/mol. The zero-order valence-electron chi connectivity index (χ0n) is 6.79. The number of carbonyl (C=O) groups excluding carboxylic acids is 1. The molecule has 0 aliphatic carbocycles. The number of hydrogen-bond acceptors (Lipinski definition) is 3. The Bertz CT molecular complexity index is 266. The third kappa shape index (κ3) is 7.75. The molecule has 0 aliphatic rings. The summed E-state index contributed by atoms with van der Waals surface area (Å²) in [7, 11) is 1.50. The fraction of sp³-hybridized carbons (Fsp3) is 0.571. The molecule has 0 saturated heterocycles. The molecular formula is C7H11ClO3S. The summed E-state index contributed by atoms with van der Waals surface area (Å²) in [4.78, 5) is 10.8. The Morgan fingerprint density at radius 2 is 2.08 bits per heavy atom. The fourth-order valence-electron chi connectivity index (χ4n) is 0.688. The molecule has 3 nitrogen and oxygen atoms in total. The van der Waals surface area contributed by atoms with E-state index in [1.165, 1.54) is 6.08 Å². The number of rotatable bonds is 5. The minimum atomic E-state index is -3.44. The predicted octanol–water partition coefficient (Wildman–Crippen LogP) is 1.48. The van der Waals surface area contributed by atoms with Crippen molar-refractivity contribution in [3.05, 3.63) is 12.2 Å². The normalized spacial score (nSPS) is 12.2. The van der Waals surface area contributed by atoms with Crippen LogP contribution in [-0.2, 0) is 13.8 Å². The molecule has 0 atom stereocenters. The van der Waals surface area contributed by atoms with Crippen LogP contribution >= 0.6 is 10.7 Å². The van der Waals surface area contributed by atoms with Gasteiger partial charge >= 0.3 is 0 Å². The number of ketones is 1. The molecule has 0 spiro atoms. The maximum Gasteiger partial charge on any atom is 0.232 e. The summed E-state index contributed by atoms with van der Waals surface area (Å²) in [6.07, 6.45) is 3.56. The van der Waals surface area contributed by atoms with Gasteiger partial charge in [-0.1, -0.05) is 6.08 Å². The van der Waals surface area contributed by atoms with Crippen LogP contribution in [0.15, 0.2) is 12.2 Å². The van der Waals surface area contributed by atoms with E-state index in [4.69, 9.17) is 10.7 Å². The second-order valence-electron chi connectivity index (χ2n) is 2.31. The molecule has 0 aromatic rings. The fourth-order valence-corrected chi connectivity index (χ4v) is 1.50. The molecule has 0 saturated carbocycles. The SMILES string of the molecule is CC=CC(=O)CCCS(=O)(=O)Cl. The van der Waals surface area contributed by atoms with Gasteiger partial charge in [0.25, 0.3) is 0 Å². The lowest BCUT2D eigenvalue weighted by atomic mass is 10.2. The maximum atomic E-state index is 10.8. The summed E-state index contributed by atoms with van der Waals surface area (Å²) in [6, 6.07) is 0. The summed E-state index contributed by atoms with van der Waals surface area (Å²) >= 11 is 0. The van der Waals surface area contributed by atoms with Crippen molar-refractivity contribution in [2.75, 3.05) is 5.75 Å². The van der Waals surface area contributed by atoms with Gasteiger partial charge in [0.2, 0.25) is 9.05 Å². The average molecular weight is 211 g/mol. The molecule has 0 heterocycles. The van der Waals surface area contributed by atoms with E-state index in [0.717, 1.165) is 0 Å². The summed E-state index contributed by atoms with van der Waals surface area (Å²) in [5.74, 6) is -0.212. The van der Waals surface area contributed by atoms with Crippen LogP contribution in [-0.4, -0.2) is 20.0 Å². The van der Waals surface area contributed by atoms with E-state index in [2.05, 4.69) is 0 Å². The van der Waals surface area contributed by atoms with E-state index in [1.807, 2.05) is 0 Å². The lowest BCUT2D eigenvalue weighted by Crippen LogP contribution is -2.00. The van der Waals surface area contributed by atoms with Gasteiger partial charge in [0, 0.05) is 17.1 Å².